The van der Waals surface area contributed by atoms with Crippen molar-refractivity contribution >= 4 is 17.2 Å². The molecule has 0 aliphatic carbocycles. The smallest absolute Gasteiger partial charge is 0.274 e. The number of carbonyl (C=O) groups is 1. The van der Waals surface area contributed by atoms with E-state index < -0.39 is 0 Å². The van der Waals surface area contributed by atoms with Gasteiger partial charge in [0.05, 0.1) is 13.3 Å². The Labute approximate surface area is 127 Å². The van der Waals surface area contributed by atoms with Crippen molar-refractivity contribution in [2.75, 3.05) is 12.4 Å². The molecule has 0 spiro atoms. The highest BCUT2D eigenvalue weighted by Crippen LogP contribution is 2.16. The van der Waals surface area contributed by atoms with Crippen LogP contribution in [0, 0.1) is 0 Å². The molecule has 0 saturated heterocycles. The summed E-state index contributed by atoms with van der Waals surface area (Å²) >= 11 is 0. The summed E-state index contributed by atoms with van der Waals surface area (Å²) < 4.78 is 6.83. The Morgan fingerprint density at radius 3 is 2.73 bits per heavy atom. The predicted molar refractivity (Wildman–Crippen MR) is 83.3 cm³/mol. The van der Waals surface area contributed by atoms with Crippen LogP contribution in [0.15, 0.2) is 42.6 Å². The fourth-order valence-electron chi connectivity index (χ4n) is 2.21. The number of aromatic nitrogens is 3. The molecule has 3 aromatic rings. The maximum absolute atomic E-state index is 12.4. The molecule has 2 heterocycles. The average Bonchev–Trinajstić information content (AvgIpc) is 3.03. The van der Waals surface area contributed by atoms with Crippen LogP contribution in [0.5, 0.6) is 5.75 Å². The second-order valence-corrected chi connectivity index (χ2v) is 4.77. The van der Waals surface area contributed by atoms with Gasteiger partial charge in [0.25, 0.3) is 5.91 Å². The highest BCUT2D eigenvalue weighted by molar-refractivity contribution is 6.03. The lowest BCUT2D eigenvalue weighted by Gasteiger charge is -2.08. The van der Waals surface area contributed by atoms with Gasteiger partial charge in [0.2, 0.25) is 0 Å². The standard InChI is InChI=1S/C16H16N4O2/c1-3-12-10-14(19-15-8-9-17-20(12)15)16(21)18-11-4-6-13(22-2)7-5-11/h4-10H,3H2,1-2H3,(H,18,21). The first-order chi connectivity index (χ1) is 10.7. The Bertz CT molecular complexity index is 809. The van der Waals surface area contributed by atoms with E-state index >= 15 is 0 Å². The summed E-state index contributed by atoms with van der Waals surface area (Å²) in [6.07, 6.45) is 2.44. The minimum absolute atomic E-state index is 0.247. The second kappa shape index (κ2) is 5.85. The number of methoxy groups -OCH3 is 1. The lowest BCUT2D eigenvalue weighted by atomic mass is 10.2. The summed E-state index contributed by atoms with van der Waals surface area (Å²) in [5, 5.41) is 7.03. The SMILES string of the molecule is CCc1cc(C(=O)Nc2ccc(OC)cc2)nc2ccnn12. The number of aryl methyl sites for hydroxylation is 1. The summed E-state index contributed by atoms with van der Waals surface area (Å²) in [5.41, 5.74) is 2.67. The van der Waals surface area contributed by atoms with Gasteiger partial charge in [-0.1, -0.05) is 6.92 Å². The summed E-state index contributed by atoms with van der Waals surface area (Å²) in [6.45, 7) is 2.02. The van der Waals surface area contributed by atoms with Crippen LogP contribution in [-0.2, 0) is 6.42 Å². The topological polar surface area (TPSA) is 68.5 Å². The molecule has 0 aliphatic heterocycles. The molecule has 6 nitrogen and oxygen atoms in total. The van der Waals surface area contributed by atoms with Crippen molar-refractivity contribution in [1.29, 1.82) is 0 Å². The van der Waals surface area contributed by atoms with E-state index in [9.17, 15) is 4.79 Å². The first-order valence-corrected chi connectivity index (χ1v) is 7.00. The van der Waals surface area contributed by atoms with Gasteiger partial charge >= 0.3 is 0 Å². The Morgan fingerprint density at radius 2 is 2.05 bits per heavy atom. The molecule has 6 heteroatoms. The molecule has 1 amide bonds. The number of anilines is 1. The monoisotopic (exact) mass is 296 g/mol. The van der Waals surface area contributed by atoms with Crippen molar-refractivity contribution in [1.82, 2.24) is 14.6 Å². The van der Waals surface area contributed by atoms with Crippen LogP contribution in [0.1, 0.15) is 23.1 Å². The summed E-state index contributed by atoms with van der Waals surface area (Å²) in [5.74, 6) is 0.494. The normalized spacial score (nSPS) is 10.6. The number of rotatable bonds is 4. The Morgan fingerprint density at radius 1 is 1.27 bits per heavy atom. The fraction of sp³-hybridized carbons (Fsp3) is 0.188. The maximum Gasteiger partial charge on any atom is 0.274 e. The molecule has 0 radical (unpaired) electrons. The lowest BCUT2D eigenvalue weighted by molar-refractivity contribution is 0.102. The van der Waals surface area contributed by atoms with Crippen LogP contribution >= 0.6 is 0 Å². The minimum Gasteiger partial charge on any atom is -0.497 e. The van der Waals surface area contributed by atoms with Crippen molar-refractivity contribution in [3.8, 4) is 5.75 Å². The molecule has 0 atom stereocenters. The van der Waals surface area contributed by atoms with Gasteiger partial charge in [0.1, 0.15) is 11.4 Å². The summed E-state index contributed by atoms with van der Waals surface area (Å²) in [6, 6.07) is 10.7. The number of hydrogen-bond donors (Lipinski definition) is 1. The number of fused-ring (bicyclic) bond motifs is 1. The quantitative estimate of drug-likeness (QED) is 0.803. The van der Waals surface area contributed by atoms with Gasteiger partial charge in [0.15, 0.2) is 5.65 Å². The van der Waals surface area contributed by atoms with E-state index in [0.717, 1.165) is 17.9 Å². The van der Waals surface area contributed by atoms with Gasteiger partial charge in [-0.2, -0.15) is 5.10 Å². The first-order valence-electron chi connectivity index (χ1n) is 7.00. The molecular formula is C16H16N4O2. The van der Waals surface area contributed by atoms with E-state index in [0.29, 0.717) is 17.0 Å². The van der Waals surface area contributed by atoms with Gasteiger partial charge in [0, 0.05) is 17.4 Å². The first kappa shape index (κ1) is 14.1. The zero-order valence-corrected chi connectivity index (χ0v) is 12.4. The highest BCUT2D eigenvalue weighted by atomic mass is 16.5. The molecule has 1 aromatic carbocycles. The highest BCUT2D eigenvalue weighted by Gasteiger charge is 2.12. The van der Waals surface area contributed by atoms with Gasteiger partial charge in [-0.15, -0.1) is 0 Å². The molecule has 22 heavy (non-hydrogen) atoms. The summed E-state index contributed by atoms with van der Waals surface area (Å²) in [7, 11) is 1.60. The third kappa shape index (κ3) is 2.63. The van der Waals surface area contributed by atoms with E-state index in [1.165, 1.54) is 0 Å². The Kier molecular flexibility index (Phi) is 3.74. The van der Waals surface area contributed by atoms with Crippen molar-refractivity contribution in [3.05, 3.63) is 54.0 Å². The number of benzene rings is 1. The second-order valence-electron chi connectivity index (χ2n) is 4.77. The predicted octanol–water partition coefficient (Wildman–Crippen LogP) is 2.55. The van der Waals surface area contributed by atoms with Crippen LogP contribution in [-0.4, -0.2) is 27.6 Å². The number of ether oxygens (including phenoxy) is 1. The number of nitrogens with zero attached hydrogens (tertiary/aromatic N) is 3. The molecule has 0 saturated carbocycles. The molecular weight excluding hydrogens is 280 g/mol. The van der Waals surface area contributed by atoms with Crippen molar-refractivity contribution < 1.29 is 9.53 Å². The number of carbonyl (C=O) groups excluding carboxylic acids is 1. The number of hydrogen-bond acceptors (Lipinski definition) is 4. The number of amides is 1. The van der Waals surface area contributed by atoms with Gasteiger partial charge in [-0.05, 0) is 36.8 Å². The number of nitrogens with one attached hydrogen (secondary N) is 1. The molecule has 2 aromatic heterocycles. The lowest BCUT2D eigenvalue weighted by Crippen LogP contribution is -2.15. The van der Waals surface area contributed by atoms with Crippen LogP contribution in [0.4, 0.5) is 5.69 Å². The van der Waals surface area contributed by atoms with Gasteiger partial charge < -0.3 is 10.1 Å². The fourth-order valence-corrected chi connectivity index (χ4v) is 2.21. The van der Waals surface area contributed by atoms with E-state index in [1.54, 1.807) is 54.2 Å². The molecule has 0 fully saturated rings. The third-order valence-corrected chi connectivity index (χ3v) is 3.38. The summed E-state index contributed by atoms with van der Waals surface area (Å²) in [4.78, 5) is 16.7. The van der Waals surface area contributed by atoms with Crippen molar-refractivity contribution in [3.63, 3.8) is 0 Å². The average molecular weight is 296 g/mol. The molecule has 0 unspecified atom stereocenters. The zero-order chi connectivity index (χ0) is 15.5. The Hall–Kier alpha value is -2.89. The molecule has 0 bridgehead atoms. The van der Waals surface area contributed by atoms with Gasteiger partial charge in [-0.25, -0.2) is 9.50 Å². The molecule has 0 aliphatic rings. The van der Waals surface area contributed by atoms with E-state index in [4.69, 9.17) is 4.74 Å². The van der Waals surface area contributed by atoms with Crippen LogP contribution in [0.25, 0.3) is 5.65 Å². The third-order valence-electron chi connectivity index (χ3n) is 3.38. The van der Waals surface area contributed by atoms with Crippen LogP contribution in [0.2, 0.25) is 0 Å². The molecule has 1 N–H and O–H groups in total. The minimum atomic E-state index is -0.247. The zero-order valence-electron chi connectivity index (χ0n) is 12.4. The molecule has 3 rings (SSSR count). The van der Waals surface area contributed by atoms with Gasteiger partial charge in [-0.3, -0.25) is 4.79 Å². The van der Waals surface area contributed by atoms with Crippen LogP contribution < -0.4 is 10.1 Å². The largest absolute Gasteiger partial charge is 0.497 e. The van der Waals surface area contributed by atoms with Crippen molar-refractivity contribution in [2.24, 2.45) is 0 Å². The van der Waals surface area contributed by atoms with Crippen LogP contribution in [0.3, 0.4) is 0 Å². The maximum atomic E-state index is 12.4. The van der Waals surface area contributed by atoms with Crippen molar-refractivity contribution in [2.45, 2.75) is 13.3 Å². The van der Waals surface area contributed by atoms with E-state index in [-0.39, 0.29) is 5.91 Å². The van der Waals surface area contributed by atoms with E-state index in [1.807, 2.05) is 6.92 Å². The molecule has 112 valence electrons. The van der Waals surface area contributed by atoms with E-state index in [2.05, 4.69) is 15.4 Å². The Balaban J connectivity index is 1.87.